The van der Waals surface area contributed by atoms with E-state index in [1.807, 2.05) is 24.4 Å². The Morgan fingerprint density at radius 2 is 1.71 bits per heavy atom. The van der Waals surface area contributed by atoms with Crippen LogP contribution in [0.4, 0.5) is 5.13 Å². The van der Waals surface area contributed by atoms with Crippen LogP contribution in [0.1, 0.15) is 10.4 Å². The van der Waals surface area contributed by atoms with E-state index in [1.54, 1.807) is 18.4 Å². The third-order valence-corrected chi connectivity index (χ3v) is 6.54. The standard InChI is InChI=1S/C26H18N2O2S/c1-29-18-10-11-21-23(13-18)30-15-24-25(21)28-26(31-24)27-14-22-19-8-4-2-6-16(19)12-17-7-3-5-9-20(17)22/h2-14H,15H2,1H3. The van der Waals surface area contributed by atoms with E-state index in [-0.39, 0.29) is 0 Å². The Hall–Kier alpha value is -3.70. The Kier molecular flexibility index (Phi) is 4.21. The van der Waals surface area contributed by atoms with Gasteiger partial charge in [-0.3, -0.25) is 0 Å². The number of ether oxygens (including phenoxy) is 2. The predicted molar refractivity (Wildman–Crippen MR) is 127 cm³/mol. The monoisotopic (exact) mass is 422 g/mol. The summed E-state index contributed by atoms with van der Waals surface area (Å²) in [6.07, 6.45) is 1.95. The van der Waals surface area contributed by atoms with Crippen molar-refractivity contribution in [3.05, 3.63) is 83.2 Å². The van der Waals surface area contributed by atoms with E-state index >= 15 is 0 Å². The minimum absolute atomic E-state index is 0.500. The smallest absolute Gasteiger partial charge is 0.210 e. The molecule has 0 fully saturated rings. The summed E-state index contributed by atoms with van der Waals surface area (Å²) in [4.78, 5) is 10.7. The van der Waals surface area contributed by atoms with Crippen LogP contribution in [0.25, 0.3) is 32.8 Å². The van der Waals surface area contributed by atoms with Crippen molar-refractivity contribution in [1.82, 2.24) is 4.98 Å². The molecule has 0 unspecified atom stereocenters. The summed E-state index contributed by atoms with van der Waals surface area (Å²) in [5, 5.41) is 5.52. The molecule has 0 bridgehead atoms. The normalized spacial score (nSPS) is 12.7. The average Bonchev–Trinajstić information content (AvgIpc) is 3.25. The largest absolute Gasteiger partial charge is 0.497 e. The van der Waals surface area contributed by atoms with Crippen LogP contribution in [0, 0.1) is 0 Å². The second-order valence-corrected chi connectivity index (χ2v) is 8.47. The number of thiazole rings is 1. The number of nitrogens with zero attached hydrogens (tertiary/aromatic N) is 2. The summed E-state index contributed by atoms with van der Waals surface area (Å²) >= 11 is 1.57. The van der Waals surface area contributed by atoms with Crippen LogP contribution in [0.2, 0.25) is 0 Å². The fraction of sp³-hybridized carbons (Fsp3) is 0.0769. The summed E-state index contributed by atoms with van der Waals surface area (Å²) in [5.41, 5.74) is 3.04. The molecule has 0 spiro atoms. The van der Waals surface area contributed by atoms with E-state index in [0.717, 1.165) is 38.3 Å². The molecule has 0 amide bonds. The number of hydrogen-bond donors (Lipinski definition) is 0. The fourth-order valence-electron chi connectivity index (χ4n) is 4.10. The Morgan fingerprint density at radius 1 is 0.968 bits per heavy atom. The Morgan fingerprint density at radius 3 is 2.45 bits per heavy atom. The van der Waals surface area contributed by atoms with Crippen molar-refractivity contribution in [3.8, 4) is 22.8 Å². The van der Waals surface area contributed by atoms with E-state index in [1.165, 1.54) is 21.5 Å². The van der Waals surface area contributed by atoms with Crippen LogP contribution in [0.15, 0.2) is 77.8 Å². The molecule has 2 heterocycles. The molecule has 6 rings (SSSR count). The molecule has 0 aliphatic carbocycles. The molecule has 0 saturated heterocycles. The highest BCUT2D eigenvalue weighted by Gasteiger charge is 2.22. The van der Waals surface area contributed by atoms with Gasteiger partial charge in [0.1, 0.15) is 18.1 Å². The van der Waals surface area contributed by atoms with E-state index in [0.29, 0.717) is 6.61 Å². The van der Waals surface area contributed by atoms with Crippen molar-refractivity contribution in [3.63, 3.8) is 0 Å². The lowest BCUT2D eigenvalue weighted by atomic mass is 9.97. The van der Waals surface area contributed by atoms with Crippen LogP contribution in [0.5, 0.6) is 11.5 Å². The third kappa shape index (κ3) is 3.05. The molecule has 0 atom stereocenters. The molecule has 4 nitrogen and oxygen atoms in total. The molecule has 4 aromatic carbocycles. The number of methoxy groups -OCH3 is 1. The quantitative estimate of drug-likeness (QED) is 0.238. The molecule has 150 valence electrons. The molecule has 0 radical (unpaired) electrons. The first-order valence-corrected chi connectivity index (χ1v) is 10.9. The average molecular weight is 423 g/mol. The summed E-state index contributed by atoms with van der Waals surface area (Å²) < 4.78 is 11.2. The van der Waals surface area contributed by atoms with E-state index in [4.69, 9.17) is 19.5 Å². The third-order valence-electron chi connectivity index (χ3n) is 5.61. The zero-order valence-electron chi connectivity index (χ0n) is 16.8. The van der Waals surface area contributed by atoms with Crippen molar-refractivity contribution < 1.29 is 9.47 Å². The summed E-state index contributed by atoms with van der Waals surface area (Å²) in [7, 11) is 1.66. The second kappa shape index (κ2) is 7.22. The highest BCUT2D eigenvalue weighted by atomic mass is 32.1. The first-order valence-electron chi connectivity index (χ1n) is 10.1. The lowest BCUT2D eigenvalue weighted by molar-refractivity contribution is 0.303. The van der Waals surface area contributed by atoms with Gasteiger partial charge in [-0.05, 0) is 39.7 Å². The SMILES string of the molecule is COc1ccc2c(c1)OCc1sc(N=Cc3c4ccccc4cc4ccccc34)nc1-2. The summed E-state index contributed by atoms with van der Waals surface area (Å²) in [6.45, 7) is 0.500. The second-order valence-electron chi connectivity index (χ2n) is 7.41. The van der Waals surface area contributed by atoms with Crippen molar-refractivity contribution in [2.45, 2.75) is 6.61 Å². The molecule has 31 heavy (non-hydrogen) atoms. The molecular formula is C26H18N2O2S. The molecule has 1 aromatic heterocycles. The van der Waals surface area contributed by atoms with Gasteiger partial charge in [-0.2, -0.15) is 0 Å². The fourth-order valence-corrected chi connectivity index (χ4v) is 4.93. The van der Waals surface area contributed by atoms with E-state index in [9.17, 15) is 0 Å². The summed E-state index contributed by atoms with van der Waals surface area (Å²) in [6, 6.07) is 24.9. The van der Waals surface area contributed by atoms with Gasteiger partial charge < -0.3 is 9.47 Å². The number of benzene rings is 4. The minimum atomic E-state index is 0.500. The highest BCUT2D eigenvalue weighted by Crippen LogP contribution is 2.43. The highest BCUT2D eigenvalue weighted by molar-refractivity contribution is 7.15. The number of fused-ring (bicyclic) bond motifs is 5. The first-order chi connectivity index (χ1) is 15.3. The number of aromatic nitrogens is 1. The van der Waals surface area contributed by atoms with E-state index in [2.05, 4.69) is 54.6 Å². The van der Waals surface area contributed by atoms with Crippen LogP contribution in [0.3, 0.4) is 0 Å². The van der Waals surface area contributed by atoms with Crippen LogP contribution in [-0.2, 0) is 6.61 Å². The molecule has 0 saturated carbocycles. The number of rotatable bonds is 3. The van der Waals surface area contributed by atoms with Gasteiger partial charge in [-0.15, -0.1) is 0 Å². The zero-order chi connectivity index (χ0) is 20.8. The van der Waals surface area contributed by atoms with Gasteiger partial charge in [0.2, 0.25) is 5.13 Å². The van der Waals surface area contributed by atoms with Crippen LogP contribution in [-0.4, -0.2) is 18.3 Å². The van der Waals surface area contributed by atoms with Crippen LogP contribution >= 0.6 is 11.3 Å². The van der Waals surface area contributed by atoms with Gasteiger partial charge in [0.05, 0.1) is 17.7 Å². The Balaban J connectivity index is 1.45. The van der Waals surface area contributed by atoms with Crippen molar-refractivity contribution in [1.29, 1.82) is 0 Å². The first kappa shape index (κ1) is 18.1. The molecule has 1 aliphatic heterocycles. The molecule has 5 aromatic rings. The number of hydrogen-bond acceptors (Lipinski definition) is 5. The van der Waals surface area contributed by atoms with Crippen LogP contribution < -0.4 is 9.47 Å². The van der Waals surface area contributed by atoms with Crippen molar-refractivity contribution in [2.75, 3.05) is 7.11 Å². The number of aliphatic imine (C=N–C) groups is 1. The molecule has 5 heteroatoms. The maximum Gasteiger partial charge on any atom is 0.210 e. The minimum Gasteiger partial charge on any atom is -0.497 e. The van der Waals surface area contributed by atoms with Gasteiger partial charge >= 0.3 is 0 Å². The predicted octanol–water partition coefficient (Wildman–Crippen LogP) is 6.77. The van der Waals surface area contributed by atoms with Gasteiger partial charge in [0, 0.05) is 23.4 Å². The van der Waals surface area contributed by atoms with Gasteiger partial charge in [-0.1, -0.05) is 59.9 Å². The molecular weight excluding hydrogens is 404 g/mol. The Labute approximate surface area is 183 Å². The van der Waals surface area contributed by atoms with Gasteiger partial charge in [0.25, 0.3) is 0 Å². The summed E-state index contributed by atoms with van der Waals surface area (Å²) in [5.74, 6) is 1.58. The van der Waals surface area contributed by atoms with Crippen molar-refractivity contribution >= 4 is 44.2 Å². The zero-order valence-corrected chi connectivity index (χ0v) is 17.6. The van der Waals surface area contributed by atoms with Crippen molar-refractivity contribution in [2.24, 2.45) is 4.99 Å². The maximum absolute atomic E-state index is 5.92. The van der Waals surface area contributed by atoms with E-state index < -0.39 is 0 Å². The topological polar surface area (TPSA) is 43.7 Å². The lowest BCUT2D eigenvalue weighted by Gasteiger charge is -2.16. The maximum atomic E-state index is 5.92. The Bertz CT molecular complexity index is 1430. The molecule has 1 aliphatic rings. The molecule has 0 N–H and O–H groups in total. The van der Waals surface area contributed by atoms with Gasteiger partial charge in [-0.25, -0.2) is 9.98 Å². The van der Waals surface area contributed by atoms with Gasteiger partial charge in [0.15, 0.2) is 0 Å². The lowest BCUT2D eigenvalue weighted by Crippen LogP contribution is -2.03.